The third-order valence-electron chi connectivity index (χ3n) is 3.93. The Balaban J connectivity index is 1.72. The smallest absolute Gasteiger partial charge is 0.387 e. The van der Waals surface area contributed by atoms with Crippen molar-refractivity contribution in [3.05, 3.63) is 69.0 Å². The molecule has 2 aromatic carbocycles. The lowest BCUT2D eigenvalue weighted by molar-refractivity contribution is -0.0493. The van der Waals surface area contributed by atoms with Crippen LogP contribution in [-0.2, 0) is 6.54 Å². The molecule has 0 unspecified atom stereocenters. The van der Waals surface area contributed by atoms with Crippen LogP contribution in [0.1, 0.15) is 11.1 Å². The lowest BCUT2D eigenvalue weighted by Crippen LogP contribution is -2.20. The Morgan fingerprint density at radius 1 is 1.30 bits per heavy atom. The fourth-order valence-electron chi connectivity index (χ4n) is 2.60. The van der Waals surface area contributed by atoms with E-state index in [9.17, 15) is 13.2 Å². The van der Waals surface area contributed by atoms with Crippen molar-refractivity contribution in [3.8, 4) is 5.75 Å². The molecule has 0 spiro atoms. The maximum Gasteiger partial charge on any atom is 0.387 e. The summed E-state index contributed by atoms with van der Waals surface area (Å²) in [5.41, 5.74) is 1.32. The third-order valence-corrected chi connectivity index (χ3v) is 5.07. The second-order valence-electron chi connectivity index (χ2n) is 6.18. The second kappa shape index (κ2) is 9.67. The largest absolute Gasteiger partial charge is 0.433 e. The summed E-state index contributed by atoms with van der Waals surface area (Å²) in [6.45, 7) is -1.11. The van der Waals surface area contributed by atoms with E-state index in [-0.39, 0.29) is 23.1 Å². The SMILES string of the molecule is Cc1ccc(NC(=S)Nc2nn(Cc3c(F)cccc3Cl)cc2Br)c(OC(F)F)c1. The molecule has 0 fully saturated rings. The molecule has 158 valence electrons. The van der Waals surface area contributed by atoms with E-state index in [4.69, 9.17) is 23.8 Å². The predicted molar refractivity (Wildman–Crippen MR) is 118 cm³/mol. The third kappa shape index (κ3) is 5.65. The molecule has 1 aromatic heterocycles. The van der Waals surface area contributed by atoms with Gasteiger partial charge in [-0.1, -0.05) is 23.7 Å². The van der Waals surface area contributed by atoms with Gasteiger partial charge in [0.15, 0.2) is 10.9 Å². The van der Waals surface area contributed by atoms with Crippen molar-refractivity contribution in [3.63, 3.8) is 0 Å². The van der Waals surface area contributed by atoms with Crippen LogP contribution in [-0.4, -0.2) is 21.5 Å². The van der Waals surface area contributed by atoms with Gasteiger partial charge < -0.3 is 15.4 Å². The second-order valence-corrected chi connectivity index (χ2v) is 7.85. The molecule has 0 amide bonds. The fraction of sp³-hybridized carbons (Fsp3) is 0.158. The number of nitrogens with zero attached hydrogens (tertiary/aromatic N) is 2. The van der Waals surface area contributed by atoms with Gasteiger partial charge in [-0.2, -0.15) is 13.9 Å². The van der Waals surface area contributed by atoms with Gasteiger partial charge in [0.2, 0.25) is 0 Å². The summed E-state index contributed by atoms with van der Waals surface area (Å²) in [6, 6.07) is 9.21. The number of rotatable bonds is 6. The molecule has 0 saturated heterocycles. The zero-order valence-electron chi connectivity index (χ0n) is 15.4. The number of alkyl halides is 2. The van der Waals surface area contributed by atoms with Crippen molar-refractivity contribution >= 4 is 56.4 Å². The Morgan fingerprint density at radius 3 is 2.77 bits per heavy atom. The van der Waals surface area contributed by atoms with Gasteiger partial charge in [-0.15, -0.1) is 0 Å². The van der Waals surface area contributed by atoms with Crippen molar-refractivity contribution in [2.24, 2.45) is 0 Å². The topological polar surface area (TPSA) is 51.1 Å². The van der Waals surface area contributed by atoms with Crippen LogP contribution in [0.5, 0.6) is 5.75 Å². The van der Waals surface area contributed by atoms with Crippen LogP contribution in [0.3, 0.4) is 0 Å². The summed E-state index contributed by atoms with van der Waals surface area (Å²) in [7, 11) is 0. The van der Waals surface area contributed by atoms with Crippen LogP contribution in [0.4, 0.5) is 24.7 Å². The average Bonchev–Trinajstić information content (AvgIpc) is 2.99. The van der Waals surface area contributed by atoms with Crippen molar-refractivity contribution in [2.45, 2.75) is 20.1 Å². The Hall–Kier alpha value is -2.30. The quantitative estimate of drug-likeness (QED) is 0.380. The van der Waals surface area contributed by atoms with E-state index in [1.165, 1.54) is 22.9 Å². The normalized spacial score (nSPS) is 10.9. The minimum Gasteiger partial charge on any atom is -0.433 e. The number of nitrogens with one attached hydrogen (secondary N) is 2. The first-order valence-electron chi connectivity index (χ1n) is 8.52. The van der Waals surface area contributed by atoms with Crippen LogP contribution < -0.4 is 15.4 Å². The Kier molecular flexibility index (Phi) is 7.22. The highest BCUT2D eigenvalue weighted by molar-refractivity contribution is 9.10. The predicted octanol–water partition coefficient (Wildman–Crippen LogP) is 6.21. The zero-order valence-corrected chi connectivity index (χ0v) is 18.6. The number of hydrogen-bond donors (Lipinski definition) is 2. The number of thiocarbonyl (C=S) groups is 1. The van der Waals surface area contributed by atoms with Crippen molar-refractivity contribution in [1.29, 1.82) is 0 Å². The molecule has 3 aromatic rings. The van der Waals surface area contributed by atoms with Crippen LogP contribution >= 0.6 is 39.7 Å². The van der Waals surface area contributed by atoms with Gasteiger partial charge in [-0.25, -0.2) is 4.39 Å². The molecule has 30 heavy (non-hydrogen) atoms. The van der Waals surface area contributed by atoms with Crippen LogP contribution in [0.2, 0.25) is 5.02 Å². The number of anilines is 2. The van der Waals surface area contributed by atoms with E-state index in [1.807, 2.05) is 0 Å². The summed E-state index contributed by atoms with van der Waals surface area (Å²) in [6.07, 6.45) is 1.63. The van der Waals surface area contributed by atoms with Crippen LogP contribution in [0, 0.1) is 12.7 Å². The number of halogens is 5. The van der Waals surface area contributed by atoms with Gasteiger partial charge in [-0.05, 0) is 64.9 Å². The first kappa shape index (κ1) is 22.4. The molecule has 3 rings (SSSR count). The first-order valence-corrected chi connectivity index (χ1v) is 10.1. The molecule has 0 aliphatic carbocycles. The molecule has 5 nitrogen and oxygen atoms in total. The molecule has 0 aliphatic heterocycles. The van der Waals surface area contributed by atoms with Gasteiger partial charge in [0, 0.05) is 16.8 Å². The van der Waals surface area contributed by atoms with Crippen LogP contribution in [0.25, 0.3) is 0 Å². The first-order chi connectivity index (χ1) is 14.2. The minimum absolute atomic E-state index is 0.0343. The van der Waals surface area contributed by atoms with E-state index in [0.29, 0.717) is 20.9 Å². The molecule has 0 atom stereocenters. The standard InChI is InChI=1S/C19H15BrClF3N4OS/c1-10-5-6-15(16(7-10)29-18(23)24)25-19(30)26-17-12(20)9-28(27-17)8-11-13(21)3-2-4-14(11)22/h2-7,9,18H,8H2,1H3,(H2,25,26,27,30). The molecule has 0 radical (unpaired) electrons. The Morgan fingerprint density at radius 2 is 2.07 bits per heavy atom. The lowest BCUT2D eigenvalue weighted by Gasteiger charge is -2.14. The van der Waals surface area contributed by atoms with E-state index in [1.54, 1.807) is 31.3 Å². The summed E-state index contributed by atoms with van der Waals surface area (Å²) >= 11 is 14.7. The van der Waals surface area contributed by atoms with Gasteiger partial charge in [0.05, 0.1) is 16.7 Å². The van der Waals surface area contributed by atoms with E-state index >= 15 is 0 Å². The number of ether oxygens (including phenoxy) is 1. The van der Waals surface area contributed by atoms with Gasteiger partial charge in [-0.3, -0.25) is 4.68 Å². The maximum atomic E-state index is 14.0. The molecule has 0 saturated carbocycles. The summed E-state index contributed by atoms with van der Waals surface area (Å²) in [5.74, 6) is -0.122. The van der Waals surface area contributed by atoms with Gasteiger partial charge in [0.25, 0.3) is 0 Å². The highest BCUT2D eigenvalue weighted by Gasteiger charge is 2.14. The molecule has 1 heterocycles. The molecule has 0 aliphatic rings. The highest BCUT2D eigenvalue weighted by Crippen LogP contribution is 2.28. The summed E-state index contributed by atoms with van der Waals surface area (Å²) in [4.78, 5) is 0. The van der Waals surface area contributed by atoms with Crippen LogP contribution in [0.15, 0.2) is 47.1 Å². The molecule has 0 bridgehead atoms. The van der Waals surface area contributed by atoms with E-state index in [0.717, 1.165) is 5.56 Å². The van der Waals surface area contributed by atoms with Gasteiger partial charge >= 0.3 is 6.61 Å². The summed E-state index contributed by atoms with van der Waals surface area (Å²) < 4.78 is 45.9. The fourth-order valence-corrected chi connectivity index (χ4v) is 3.44. The molecule has 11 heteroatoms. The highest BCUT2D eigenvalue weighted by atomic mass is 79.9. The summed E-state index contributed by atoms with van der Waals surface area (Å²) in [5, 5.41) is 10.4. The Bertz CT molecular complexity index is 1060. The van der Waals surface area contributed by atoms with Gasteiger partial charge in [0.1, 0.15) is 11.6 Å². The van der Waals surface area contributed by atoms with E-state index < -0.39 is 12.4 Å². The molecular formula is C19H15BrClF3N4OS. The average molecular weight is 520 g/mol. The zero-order chi connectivity index (χ0) is 21.8. The van der Waals surface area contributed by atoms with E-state index in [2.05, 4.69) is 36.4 Å². The monoisotopic (exact) mass is 518 g/mol. The number of hydrogen-bond acceptors (Lipinski definition) is 3. The number of aromatic nitrogens is 2. The maximum absolute atomic E-state index is 14.0. The minimum atomic E-state index is -2.97. The Labute approximate surface area is 189 Å². The lowest BCUT2D eigenvalue weighted by atomic mass is 10.2. The molecule has 2 N–H and O–H groups in total. The van der Waals surface area contributed by atoms with Crippen molar-refractivity contribution < 1.29 is 17.9 Å². The number of benzene rings is 2. The molecular weight excluding hydrogens is 505 g/mol. The number of aryl methyl sites for hydroxylation is 1. The van der Waals surface area contributed by atoms with Crippen molar-refractivity contribution in [1.82, 2.24) is 9.78 Å². The van der Waals surface area contributed by atoms with Crippen molar-refractivity contribution in [2.75, 3.05) is 10.6 Å².